The maximum absolute atomic E-state index is 11.6. The zero-order valence-electron chi connectivity index (χ0n) is 19.3. The van der Waals surface area contributed by atoms with Crippen LogP contribution < -0.4 is 0 Å². The van der Waals surface area contributed by atoms with E-state index in [9.17, 15) is 4.79 Å². The quantitative estimate of drug-likeness (QED) is 0.358. The normalized spacial score (nSPS) is 36.0. The van der Waals surface area contributed by atoms with Gasteiger partial charge in [-0.3, -0.25) is 4.90 Å². The van der Waals surface area contributed by atoms with Crippen molar-refractivity contribution in [1.82, 2.24) is 4.90 Å². The average Bonchev–Trinajstić information content (AvgIpc) is 2.72. The SMILES string of the molecule is C=C(C)C(=O)OCCC1CCC(N(C2CCC(C)CC2)C2CCC(C)CC2)CC1. The van der Waals surface area contributed by atoms with Gasteiger partial charge < -0.3 is 4.74 Å². The first-order chi connectivity index (χ1) is 13.9. The lowest BCUT2D eigenvalue weighted by Gasteiger charge is -2.49. The maximum atomic E-state index is 11.6. The van der Waals surface area contributed by atoms with Crippen LogP contribution in [0.25, 0.3) is 0 Å². The average molecular weight is 404 g/mol. The topological polar surface area (TPSA) is 29.5 Å². The van der Waals surface area contributed by atoms with Gasteiger partial charge in [-0.15, -0.1) is 0 Å². The number of ether oxygens (including phenoxy) is 1. The van der Waals surface area contributed by atoms with Gasteiger partial charge in [-0.1, -0.05) is 20.4 Å². The van der Waals surface area contributed by atoms with Crippen molar-refractivity contribution in [3.05, 3.63) is 12.2 Å². The van der Waals surface area contributed by atoms with Gasteiger partial charge in [0, 0.05) is 23.7 Å². The number of nitrogens with zero attached hydrogens (tertiary/aromatic N) is 1. The Bertz CT molecular complexity index is 499. The highest BCUT2D eigenvalue weighted by atomic mass is 16.5. The Balaban J connectivity index is 1.52. The van der Waals surface area contributed by atoms with Crippen LogP contribution in [-0.4, -0.2) is 35.6 Å². The second-order valence-electron chi connectivity index (χ2n) is 10.7. The minimum atomic E-state index is -0.233. The standard InChI is InChI=1S/C26H45NO2/c1-19(2)26(28)29-18-17-22-9-15-25(16-10-22)27(23-11-5-20(3)6-12-23)24-13-7-21(4)8-14-24/h20-25H,1,5-18H2,2-4H3. The predicted octanol–water partition coefficient (Wildman–Crippen LogP) is 6.51. The van der Waals surface area contributed by atoms with Crippen molar-refractivity contribution in [1.29, 1.82) is 0 Å². The molecule has 0 unspecified atom stereocenters. The molecule has 0 N–H and O–H groups in total. The van der Waals surface area contributed by atoms with Crippen molar-refractivity contribution in [2.45, 2.75) is 122 Å². The Kier molecular flexibility index (Phi) is 8.65. The lowest BCUT2D eigenvalue weighted by Crippen LogP contribution is -2.52. The Labute approximate surface area is 179 Å². The molecule has 0 heterocycles. The number of hydrogen-bond acceptors (Lipinski definition) is 3. The van der Waals surface area contributed by atoms with Crippen LogP contribution >= 0.6 is 0 Å². The van der Waals surface area contributed by atoms with Crippen molar-refractivity contribution in [3.63, 3.8) is 0 Å². The van der Waals surface area contributed by atoms with E-state index >= 15 is 0 Å². The molecule has 0 radical (unpaired) electrons. The number of esters is 1. The predicted molar refractivity (Wildman–Crippen MR) is 121 cm³/mol. The molecule has 3 fully saturated rings. The zero-order chi connectivity index (χ0) is 20.8. The molecular weight excluding hydrogens is 358 g/mol. The first-order valence-electron chi connectivity index (χ1n) is 12.5. The fourth-order valence-corrected chi connectivity index (χ4v) is 6.15. The zero-order valence-corrected chi connectivity index (χ0v) is 19.3. The van der Waals surface area contributed by atoms with Gasteiger partial charge >= 0.3 is 5.97 Å². The van der Waals surface area contributed by atoms with Crippen LogP contribution in [0.3, 0.4) is 0 Å². The first-order valence-corrected chi connectivity index (χ1v) is 12.5. The minimum absolute atomic E-state index is 0.233. The smallest absolute Gasteiger partial charge is 0.333 e. The molecule has 0 aromatic carbocycles. The van der Waals surface area contributed by atoms with E-state index in [0.717, 1.165) is 42.3 Å². The van der Waals surface area contributed by atoms with E-state index < -0.39 is 0 Å². The molecule has 3 heteroatoms. The van der Waals surface area contributed by atoms with Gasteiger partial charge in [-0.2, -0.15) is 0 Å². The molecule has 0 saturated heterocycles. The summed E-state index contributed by atoms with van der Waals surface area (Å²) in [5.74, 6) is 2.35. The van der Waals surface area contributed by atoms with E-state index in [0.29, 0.717) is 12.2 Å². The number of rotatable bonds is 7. The Morgan fingerprint density at radius 3 is 1.62 bits per heavy atom. The summed E-state index contributed by atoms with van der Waals surface area (Å²) in [6.07, 6.45) is 17.7. The van der Waals surface area contributed by atoms with Crippen molar-refractivity contribution in [2.24, 2.45) is 17.8 Å². The van der Waals surface area contributed by atoms with Crippen molar-refractivity contribution >= 4 is 5.97 Å². The molecule has 0 aliphatic heterocycles. The minimum Gasteiger partial charge on any atom is -0.462 e. The third-order valence-corrected chi connectivity index (χ3v) is 8.16. The lowest BCUT2D eigenvalue weighted by atomic mass is 9.78. The molecule has 0 spiro atoms. The molecule has 3 nitrogen and oxygen atoms in total. The first kappa shape index (κ1) is 22.8. The molecule has 166 valence electrons. The highest BCUT2D eigenvalue weighted by Crippen LogP contribution is 2.39. The molecule has 3 aliphatic rings. The van der Waals surface area contributed by atoms with Crippen molar-refractivity contribution in [2.75, 3.05) is 6.61 Å². The summed E-state index contributed by atoms with van der Waals surface area (Å²) in [5, 5.41) is 0. The van der Waals surface area contributed by atoms with Gasteiger partial charge in [0.05, 0.1) is 6.61 Å². The summed E-state index contributed by atoms with van der Waals surface area (Å²) >= 11 is 0. The largest absolute Gasteiger partial charge is 0.462 e. The van der Waals surface area contributed by atoms with E-state index in [4.69, 9.17) is 4.74 Å². The van der Waals surface area contributed by atoms with Gasteiger partial charge in [0.25, 0.3) is 0 Å². The van der Waals surface area contributed by atoms with E-state index in [1.807, 2.05) is 0 Å². The van der Waals surface area contributed by atoms with Crippen LogP contribution in [0.5, 0.6) is 0 Å². The highest BCUT2D eigenvalue weighted by molar-refractivity contribution is 5.86. The molecule has 0 aromatic heterocycles. The van der Waals surface area contributed by atoms with Crippen LogP contribution in [0, 0.1) is 17.8 Å². The number of hydrogen-bond donors (Lipinski definition) is 0. The molecule has 0 bridgehead atoms. The van der Waals surface area contributed by atoms with Crippen molar-refractivity contribution in [3.8, 4) is 0 Å². The number of carbonyl (C=O) groups excluding carboxylic acids is 1. The van der Waals surface area contributed by atoms with Gasteiger partial charge in [0.15, 0.2) is 0 Å². The Morgan fingerprint density at radius 1 is 0.793 bits per heavy atom. The highest BCUT2D eigenvalue weighted by Gasteiger charge is 2.37. The molecule has 0 atom stereocenters. The van der Waals surface area contributed by atoms with Crippen LogP contribution in [0.15, 0.2) is 12.2 Å². The molecule has 3 aliphatic carbocycles. The van der Waals surface area contributed by atoms with Gasteiger partial charge in [0.1, 0.15) is 0 Å². The van der Waals surface area contributed by atoms with Crippen LogP contribution in [0.4, 0.5) is 0 Å². The third kappa shape index (κ3) is 6.57. The van der Waals surface area contributed by atoms with Crippen LogP contribution in [-0.2, 0) is 9.53 Å². The summed E-state index contributed by atoms with van der Waals surface area (Å²) in [6, 6.07) is 2.46. The Hall–Kier alpha value is -0.830. The van der Waals surface area contributed by atoms with Crippen LogP contribution in [0.2, 0.25) is 0 Å². The van der Waals surface area contributed by atoms with Crippen molar-refractivity contribution < 1.29 is 9.53 Å². The summed E-state index contributed by atoms with van der Waals surface area (Å²) < 4.78 is 5.34. The summed E-state index contributed by atoms with van der Waals surface area (Å²) in [5.41, 5.74) is 0.507. The van der Waals surface area contributed by atoms with E-state index in [2.05, 4.69) is 25.3 Å². The maximum Gasteiger partial charge on any atom is 0.333 e. The second-order valence-corrected chi connectivity index (χ2v) is 10.7. The summed E-state index contributed by atoms with van der Waals surface area (Å²) in [4.78, 5) is 14.6. The molecular formula is C26H45NO2. The monoisotopic (exact) mass is 403 g/mol. The van der Waals surface area contributed by atoms with Gasteiger partial charge in [0.2, 0.25) is 0 Å². The van der Waals surface area contributed by atoms with Crippen LogP contribution in [0.1, 0.15) is 104 Å². The lowest BCUT2D eigenvalue weighted by molar-refractivity contribution is -0.139. The van der Waals surface area contributed by atoms with Gasteiger partial charge in [-0.05, 0) is 108 Å². The number of carbonyl (C=O) groups is 1. The van der Waals surface area contributed by atoms with E-state index in [1.54, 1.807) is 6.92 Å². The Morgan fingerprint density at radius 2 is 1.21 bits per heavy atom. The van der Waals surface area contributed by atoms with E-state index in [-0.39, 0.29) is 5.97 Å². The third-order valence-electron chi connectivity index (χ3n) is 8.16. The summed E-state index contributed by atoms with van der Waals surface area (Å²) in [6.45, 7) is 10.8. The molecule has 29 heavy (non-hydrogen) atoms. The fourth-order valence-electron chi connectivity index (χ4n) is 6.15. The van der Waals surface area contributed by atoms with Gasteiger partial charge in [-0.25, -0.2) is 4.79 Å². The van der Waals surface area contributed by atoms with E-state index in [1.165, 1.54) is 77.0 Å². The molecule has 3 rings (SSSR count). The second kappa shape index (κ2) is 11.0. The molecule has 0 amide bonds. The molecule has 0 aromatic rings. The molecule has 3 saturated carbocycles. The fraction of sp³-hybridized carbons (Fsp3) is 0.885. The summed E-state index contributed by atoms with van der Waals surface area (Å²) in [7, 11) is 0.